The van der Waals surface area contributed by atoms with Gasteiger partial charge in [0.05, 0.1) is 25.4 Å². The lowest BCUT2D eigenvalue weighted by Crippen LogP contribution is -2.43. The average Bonchev–Trinajstić information content (AvgIpc) is 2.82. The zero-order chi connectivity index (χ0) is 24.5. The number of nitrogens with zero attached hydrogens (tertiary/aromatic N) is 3. The number of hydrogen-bond acceptors (Lipinski definition) is 6. The number of halogens is 3. The number of para-hydroxylation sites is 1. The van der Waals surface area contributed by atoms with Crippen molar-refractivity contribution in [3.8, 4) is 22.6 Å². The summed E-state index contributed by atoms with van der Waals surface area (Å²) in [6.07, 6.45) is -3.42. The third-order valence-corrected chi connectivity index (χ3v) is 5.11. The SMILES string of the molecule is COc1cc(C(=O)N(c2ccccc2)C(F)(F)F)cc(-c2ccc3nc(N)ncc3c2)c1OC. The highest BCUT2D eigenvalue weighted by molar-refractivity contribution is 6.08. The van der Waals surface area contributed by atoms with Gasteiger partial charge in [0.2, 0.25) is 5.95 Å². The van der Waals surface area contributed by atoms with Crippen LogP contribution in [0, 0.1) is 0 Å². The van der Waals surface area contributed by atoms with Crippen LogP contribution in [0.4, 0.5) is 24.8 Å². The summed E-state index contributed by atoms with van der Waals surface area (Å²) >= 11 is 0. The molecule has 7 nitrogen and oxygen atoms in total. The quantitative estimate of drug-likeness (QED) is 0.412. The molecule has 4 rings (SSSR count). The normalized spacial score (nSPS) is 11.3. The summed E-state index contributed by atoms with van der Waals surface area (Å²) in [5.74, 6) is -0.793. The number of aromatic nitrogens is 2. The molecule has 0 aliphatic carbocycles. The molecule has 0 spiro atoms. The molecule has 174 valence electrons. The third-order valence-electron chi connectivity index (χ3n) is 5.11. The van der Waals surface area contributed by atoms with E-state index in [-0.39, 0.29) is 33.6 Å². The molecule has 0 saturated carbocycles. The predicted octanol–water partition coefficient (Wildman–Crippen LogP) is 5.06. The van der Waals surface area contributed by atoms with Crippen LogP contribution in [0.2, 0.25) is 0 Å². The zero-order valence-electron chi connectivity index (χ0n) is 18.1. The van der Waals surface area contributed by atoms with Crippen LogP contribution in [0.1, 0.15) is 10.4 Å². The Bertz CT molecular complexity index is 1360. The largest absolute Gasteiger partial charge is 0.493 e. The van der Waals surface area contributed by atoms with Gasteiger partial charge in [-0.2, -0.15) is 0 Å². The number of anilines is 2. The molecule has 34 heavy (non-hydrogen) atoms. The fourth-order valence-electron chi connectivity index (χ4n) is 3.60. The van der Waals surface area contributed by atoms with E-state index in [1.807, 2.05) is 0 Å². The maximum Gasteiger partial charge on any atom is 0.491 e. The van der Waals surface area contributed by atoms with E-state index >= 15 is 0 Å². The maximum atomic E-state index is 13.9. The van der Waals surface area contributed by atoms with Gasteiger partial charge in [0.1, 0.15) is 0 Å². The summed E-state index contributed by atoms with van der Waals surface area (Å²) in [5.41, 5.74) is 6.59. The van der Waals surface area contributed by atoms with Gasteiger partial charge in [-0.05, 0) is 42.0 Å². The maximum absolute atomic E-state index is 13.9. The number of fused-ring (bicyclic) bond motifs is 1. The minimum absolute atomic E-state index is 0.104. The van der Waals surface area contributed by atoms with Crippen LogP contribution in [0.25, 0.3) is 22.0 Å². The van der Waals surface area contributed by atoms with Crippen molar-refractivity contribution in [2.45, 2.75) is 6.30 Å². The molecule has 3 aromatic carbocycles. The molecule has 1 heterocycles. The fraction of sp³-hybridized carbons (Fsp3) is 0.125. The third kappa shape index (κ3) is 4.29. The molecule has 0 fully saturated rings. The Labute approximate surface area is 192 Å². The summed E-state index contributed by atoms with van der Waals surface area (Å²) in [4.78, 5) is 21.1. The van der Waals surface area contributed by atoms with Crippen LogP contribution < -0.4 is 20.1 Å². The molecule has 0 saturated heterocycles. The Hall–Kier alpha value is -4.34. The minimum atomic E-state index is -4.95. The number of nitrogens with two attached hydrogens (primary N) is 1. The van der Waals surface area contributed by atoms with E-state index in [0.29, 0.717) is 22.0 Å². The number of carbonyl (C=O) groups excluding carboxylic acids is 1. The fourth-order valence-corrected chi connectivity index (χ4v) is 3.60. The van der Waals surface area contributed by atoms with E-state index in [0.717, 1.165) is 0 Å². The molecule has 0 aliphatic rings. The Morgan fingerprint density at radius 1 is 1.00 bits per heavy atom. The van der Waals surface area contributed by atoms with Crippen LogP contribution in [0.3, 0.4) is 0 Å². The topological polar surface area (TPSA) is 90.6 Å². The monoisotopic (exact) mass is 468 g/mol. The number of rotatable bonds is 5. The van der Waals surface area contributed by atoms with Crippen molar-refractivity contribution in [2.75, 3.05) is 24.9 Å². The number of amides is 1. The van der Waals surface area contributed by atoms with E-state index in [1.165, 1.54) is 56.8 Å². The van der Waals surface area contributed by atoms with Gasteiger partial charge in [0, 0.05) is 22.7 Å². The molecule has 1 amide bonds. The van der Waals surface area contributed by atoms with Crippen LogP contribution >= 0.6 is 0 Å². The summed E-state index contributed by atoms with van der Waals surface area (Å²) in [6.45, 7) is 0. The standard InChI is InChI=1S/C24H19F3N4O3/c1-33-20-12-15(22(32)31(24(25,26)27)17-6-4-3-5-7-17)11-18(21(20)34-2)14-8-9-19-16(10-14)13-29-23(28)30-19/h3-13H,1-2H3,(H2,28,29,30). The van der Waals surface area contributed by atoms with Crippen molar-refractivity contribution < 1.29 is 27.4 Å². The number of benzene rings is 3. The lowest BCUT2D eigenvalue weighted by Gasteiger charge is -2.26. The van der Waals surface area contributed by atoms with E-state index in [4.69, 9.17) is 15.2 Å². The van der Waals surface area contributed by atoms with Gasteiger partial charge in [-0.15, -0.1) is 13.2 Å². The Morgan fingerprint density at radius 2 is 1.74 bits per heavy atom. The van der Waals surface area contributed by atoms with Gasteiger partial charge < -0.3 is 15.2 Å². The number of carbonyl (C=O) groups is 1. The molecular weight excluding hydrogens is 449 g/mol. The first kappa shape index (κ1) is 22.8. The highest BCUT2D eigenvalue weighted by Crippen LogP contribution is 2.41. The number of methoxy groups -OCH3 is 2. The summed E-state index contributed by atoms with van der Waals surface area (Å²) in [6, 6.07) is 14.5. The van der Waals surface area contributed by atoms with Crippen molar-refractivity contribution in [2.24, 2.45) is 0 Å². The van der Waals surface area contributed by atoms with Gasteiger partial charge in [-0.3, -0.25) is 4.79 Å². The van der Waals surface area contributed by atoms with Crippen molar-refractivity contribution in [3.63, 3.8) is 0 Å². The number of ether oxygens (including phenoxy) is 2. The first-order chi connectivity index (χ1) is 16.2. The first-order valence-corrected chi connectivity index (χ1v) is 9.98. The van der Waals surface area contributed by atoms with Gasteiger partial charge in [-0.25, -0.2) is 14.9 Å². The second kappa shape index (κ2) is 8.89. The minimum Gasteiger partial charge on any atom is -0.493 e. The average molecular weight is 468 g/mol. The Balaban J connectivity index is 1.89. The number of nitrogen functional groups attached to an aromatic ring is 1. The predicted molar refractivity (Wildman–Crippen MR) is 122 cm³/mol. The summed E-state index contributed by atoms with van der Waals surface area (Å²) in [5, 5.41) is 0.644. The van der Waals surface area contributed by atoms with E-state index in [9.17, 15) is 18.0 Å². The molecule has 4 aromatic rings. The van der Waals surface area contributed by atoms with Crippen LogP contribution in [0.5, 0.6) is 11.5 Å². The smallest absolute Gasteiger partial charge is 0.491 e. The van der Waals surface area contributed by atoms with Crippen LogP contribution in [0.15, 0.2) is 66.9 Å². The van der Waals surface area contributed by atoms with Gasteiger partial charge in [-0.1, -0.05) is 24.3 Å². The zero-order valence-corrected chi connectivity index (χ0v) is 18.1. The molecular formula is C24H19F3N4O3. The highest BCUT2D eigenvalue weighted by Gasteiger charge is 2.43. The molecule has 0 unspecified atom stereocenters. The molecule has 10 heteroatoms. The lowest BCUT2D eigenvalue weighted by atomic mass is 9.99. The molecule has 2 N–H and O–H groups in total. The van der Waals surface area contributed by atoms with Crippen molar-refractivity contribution in [1.29, 1.82) is 0 Å². The molecule has 1 aromatic heterocycles. The number of hydrogen-bond donors (Lipinski definition) is 1. The van der Waals surface area contributed by atoms with E-state index in [2.05, 4.69) is 9.97 Å². The second-order valence-corrected chi connectivity index (χ2v) is 7.21. The Morgan fingerprint density at radius 3 is 2.38 bits per heavy atom. The molecule has 0 aliphatic heterocycles. The van der Waals surface area contributed by atoms with Gasteiger partial charge in [0.15, 0.2) is 11.5 Å². The van der Waals surface area contributed by atoms with Crippen molar-refractivity contribution >= 4 is 28.4 Å². The highest BCUT2D eigenvalue weighted by atomic mass is 19.4. The Kier molecular flexibility index (Phi) is 5.97. The molecule has 0 radical (unpaired) electrons. The van der Waals surface area contributed by atoms with Crippen LogP contribution in [-0.2, 0) is 0 Å². The van der Waals surface area contributed by atoms with Gasteiger partial charge in [0.25, 0.3) is 5.91 Å². The molecule has 0 bridgehead atoms. The lowest BCUT2D eigenvalue weighted by molar-refractivity contribution is -0.122. The van der Waals surface area contributed by atoms with Gasteiger partial charge >= 0.3 is 6.30 Å². The molecule has 0 atom stereocenters. The van der Waals surface area contributed by atoms with Crippen molar-refractivity contribution in [1.82, 2.24) is 9.97 Å². The summed E-state index contributed by atoms with van der Waals surface area (Å²) in [7, 11) is 2.74. The second-order valence-electron chi connectivity index (χ2n) is 7.21. The first-order valence-electron chi connectivity index (χ1n) is 9.98. The van der Waals surface area contributed by atoms with E-state index < -0.39 is 12.2 Å². The number of alkyl halides is 3. The van der Waals surface area contributed by atoms with E-state index in [1.54, 1.807) is 24.3 Å². The van der Waals surface area contributed by atoms with Crippen molar-refractivity contribution in [3.05, 3.63) is 72.4 Å². The summed E-state index contributed by atoms with van der Waals surface area (Å²) < 4.78 is 52.6. The van der Waals surface area contributed by atoms with Crippen LogP contribution in [-0.4, -0.2) is 36.4 Å².